The molecule has 1 saturated carbocycles. The van der Waals surface area contributed by atoms with Gasteiger partial charge in [-0.15, -0.1) is 0 Å². The van der Waals surface area contributed by atoms with E-state index in [0.29, 0.717) is 0 Å². The van der Waals surface area contributed by atoms with Gasteiger partial charge in [0, 0.05) is 18.4 Å². The molecule has 1 aromatic rings. The first kappa shape index (κ1) is 8.05. The monoisotopic (exact) mass is 182 g/mol. The van der Waals surface area contributed by atoms with Gasteiger partial charge >= 0.3 is 0 Å². The second kappa shape index (κ2) is 3.05. The molecular weight excluding hydrogens is 168 g/mol. The normalized spacial score (nSPS) is 16.8. The van der Waals surface area contributed by atoms with Crippen molar-refractivity contribution >= 4 is 12.2 Å². The summed E-state index contributed by atoms with van der Waals surface area (Å²) in [6.07, 6.45) is 6.25. The van der Waals surface area contributed by atoms with E-state index >= 15 is 0 Å². The van der Waals surface area contributed by atoms with E-state index in [-0.39, 0.29) is 0 Å². The Morgan fingerprint density at radius 1 is 1.67 bits per heavy atom. The second-order valence-electron chi connectivity index (χ2n) is 3.67. The van der Waals surface area contributed by atoms with Crippen molar-refractivity contribution in [2.45, 2.75) is 32.7 Å². The molecule has 1 heterocycles. The fourth-order valence-corrected chi connectivity index (χ4v) is 1.76. The van der Waals surface area contributed by atoms with Gasteiger partial charge in [-0.1, -0.05) is 12.8 Å². The van der Waals surface area contributed by atoms with Crippen molar-refractivity contribution < 1.29 is 0 Å². The third-order valence-corrected chi connectivity index (χ3v) is 2.73. The van der Waals surface area contributed by atoms with Crippen LogP contribution in [-0.2, 0) is 6.54 Å². The molecule has 0 bridgehead atoms. The molecule has 0 saturated heterocycles. The van der Waals surface area contributed by atoms with E-state index < -0.39 is 0 Å². The van der Waals surface area contributed by atoms with Crippen molar-refractivity contribution in [3.05, 3.63) is 16.7 Å². The zero-order valence-corrected chi connectivity index (χ0v) is 8.16. The Bertz CT molecular complexity index is 320. The van der Waals surface area contributed by atoms with E-state index in [1.807, 2.05) is 6.92 Å². The van der Waals surface area contributed by atoms with Gasteiger partial charge in [0.15, 0.2) is 4.77 Å². The number of aromatic amines is 1. The summed E-state index contributed by atoms with van der Waals surface area (Å²) in [6.45, 7) is 3.14. The molecule has 2 rings (SSSR count). The van der Waals surface area contributed by atoms with Gasteiger partial charge in [0.1, 0.15) is 0 Å². The highest BCUT2D eigenvalue weighted by Crippen LogP contribution is 2.32. The average Bonchev–Trinajstić information content (AvgIpc) is 2.76. The first-order valence-corrected chi connectivity index (χ1v) is 4.92. The van der Waals surface area contributed by atoms with E-state index in [0.717, 1.165) is 22.9 Å². The summed E-state index contributed by atoms with van der Waals surface area (Å²) >= 11 is 5.15. The van der Waals surface area contributed by atoms with Crippen LogP contribution in [0.4, 0.5) is 0 Å². The number of aromatic nitrogens is 2. The smallest absolute Gasteiger partial charge is 0.177 e. The standard InChI is InChI=1S/C9H14N2S/c1-7-6-11(9(12)10-7)5-4-8-2-3-8/h6,8H,2-5H2,1H3,(H,10,12). The Hall–Kier alpha value is -0.570. The van der Waals surface area contributed by atoms with Gasteiger partial charge in [0.2, 0.25) is 0 Å². The van der Waals surface area contributed by atoms with Crippen LogP contribution in [0.15, 0.2) is 6.20 Å². The van der Waals surface area contributed by atoms with Crippen LogP contribution in [-0.4, -0.2) is 9.55 Å². The van der Waals surface area contributed by atoms with E-state index in [2.05, 4.69) is 15.7 Å². The molecule has 1 N–H and O–H groups in total. The van der Waals surface area contributed by atoms with E-state index in [4.69, 9.17) is 12.2 Å². The van der Waals surface area contributed by atoms with Crippen LogP contribution in [0.25, 0.3) is 0 Å². The second-order valence-corrected chi connectivity index (χ2v) is 4.05. The van der Waals surface area contributed by atoms with Crippen LogP contribution in [0.5, 0.6) is 0 Å². The van der Waals surface area contributed by atoms with Crippen LogP contribution in [0.1, 0.15) is 25.0 Å². The van der Waals surface area contributed by atoms with Crippen LogP contribution in [0.3, 0.4) is 0 Å². The molecule has 0 unspecified atom stereocenters. The Kier molecular flexibility index (Phi) is 2.05. The molecule has 1 aliphatic carbocycles. The van der Waals surface area contributed by atoms with Crippen LogP contribution < -0.4 is 0 Å². The largest absolute Gasteiger partial charge is 0.335 e. The number of imidazole rings is 1. The van der Waals surface area contributed by atoms with Gasteiger partial charge in [-0.3, -0.25) is 0 Å². The maximum Gasteiger partial charge on any atom is 0.177 e. The summed E-state index contributed by atoms with van der Waals surface area (Å²) in [4.78, 5) is 3.13. The van der Waals surface area contributed by atoms with E-state index in [1.165, 1.54) is 19.3 Å². The zero-order chi connectivity index (χ0) is 8.55. The van der Waals surface area contributed by atoms with Crippen LogP contribution >= 0.6 is 12.2 Å². The Morgan fingerprint density at radius 3 is 2.92 bits per heavy atom. The lowest BCUT2D eigenvalue weighted by Crippen LogP contribution is -1.96. The molecule has 2 nitrogen and oxygen atoms in total. The van der Waals surface area contributed by atoms with Gasteiger partial charge in [-0.2, -0.15) is 0 Å². The van der Waals surface area contributed by atoms with Crippen molar-refractivity contribution in [3.8, 4) is 0 Å². The number of nitrogens with one attached hydrogen (secondary N) is 1. The fraction of sp³-hybridized carbons (Fsp3) is 0.667. The molecule has 66 valence electrons. The number of hydrogen-bond donors (Lipinski definition) is 1. The van der Waals surface area contributed by atoms with Crippen LogP contribution in [0, 0.1) is 17.6 Å². The molecule has 1 aromatic heterocycles. The highest BCUT2D eigenvalue weighted by molar-refractivity contribution is 7.71. The summed E-state index contributed by atoms with van der Waals surface area (Å²) in [6, 6.07) is 0. The summed E-state index contributed by atoms with van der Waals surface area (Å²) in [5.41, 5.74) is 1.16. The minimum absolute atomic E-state index is 0.869. The Labute approximate surface area is 77.6 Å². The molecule has 0 radical (unpaired) electrons. The summed E-state index contributed by atoms with van der Waals surface area (Å²) < 4.78 is 3.01. The van der Waals surface area contributed by atoms with Crippen molar-refractivity contribution in [2.75, 3.05) is 0 Å². The molecular formula is C9H14N2S. The van der Waals surface area contributed by atoms with E-state index in [9.17, 15) is 0 Å². The third kappa shape index (κ3) is 1.78. The van der Waals surface area contributed by atoms with Crippen molar-refractivity contribution in [1.82, 2.24) is 9.55 Å². The molecule has 3 heteroatoms. The molecule has 12 heavy (non-hydrogen) atoms. The van der Waals surface area contributed by atoms with Crippen molar-refractivity contribution in [2.24, 2.45) is 5.92 Å². The van der Waals surface area contributed by atoms with Crippen LogP contribution in [0.2, 0.25) is 0 Å². The third-order valence-electron chi connectivity index (χ3n) is 2.39. The molecule has 0 aliphatic heterocycles. The highest BCUT2D eigenvalue weighted by Gasteiger charge is 2.20. The minimum atomic E-state index is 0.869. The zero-order valence-electron chi connectivity index (χ0n) is 7.34. The molecule has 0 atom stereocenters. The maximum absolute atomic E-state index is 5.15. The number of H-pyrrole nitrogens is 1. The van der Waals surface area contributed by atoms with Crippen molar-refractivity contribution in [1.29, 1.82) is 0 Å². The lowest BCUT2D eigenvalue weighted by atomic mass is 10.3. The van der Waals surface area contributed by atoms with Gasteiger partial charge in [-0.25, -0.2) is 0 Å². The lowest BCUT2D eigenvalue weighted by molar-refractivity contribution is 0.591. The Balaban J connectivity index is 2.00. The van der Waals surface area contributed by atoms with Crippen molar-refractivity contribution in [3.63, 3.8) is 0 Å². The fourth-order valence-electron chi connectivity index (χ4n) is 1.46. The lowest BCUT2D eigenvalue weighted by Gasteiger charge is -1.99. The van der Waals surface area contributed by atoms with Gasteiger partial charge in [-0.05, 0) is 31.5 Å². The minimum Gasteiger partial charge on any atom is -0.335 e. The molecule has 0 aromatic carbocycles. The average molecular weight is 182 g/mol. The van der Waals surface area contributed by atoms with Gasteiger partial charge in [0.25, 0.3) is 0 Å². The topological polar surface area (TPSA) is 20.7 Å². The van der Waals surface area contributed by atoms with E-state index in [1.54, 1.807) is 0 Å². The number of aryl methyl sites for hydroxylation is 2. The van der Waals surface area contributed by atoms with Gasteiger partial charge < -0.3 is 9.55 Å². The molecule has 1 aliphatic rings. The quantitative estimate of drug-likeness (QED) is 0.713. The predicted molar refractivity (Wildman–Crippen MR) is 51.7 cm³/mol. The highest BCUT2D eigenvalue weighted by atomic mass is 32.1. The first-order valence-electron chi connectivity index (χ1n) is 4.52. The SMILES string of the molecule is Cc1cn(CCC2CC2)c(=S)[nH]1. The molecule has 0 spiro atoms. The van der Waals surface area contributed by atoms with Gasteiger partial charge in [0.05, 0.1) is 0 Å². The summed E-state index contributed by atoms with van der Waals surface area (Å²) in [5, 5.41) is 0. The first-order chi connectivity index (χ1) is 5.75. The summed E-state index contributed by atoms with van der Waals surface area (Å²) in [7, 11) is 0. The maximum atomic E-state index is 5.15. The number of nitrogens with zero attached hydrogens (tertiary/aromatic N) is 1. The number of rotatable bonds is 3. The molecule has 0 amide bonds. The number of hydrogen-bond acceptors (Lipinski definition) is 1. The summed E-state index contributed by atoms with van der Waals surface area (Å²) in [5.74, 6) is 0.988. The predicted octanol–water partition coefficient (Wildman–Crippen LogP) is 2.65. The Morgan fingerprint density at radius 2 is 2.42 bits per heavy atom. The molecule has 1 fully saturated rings.